The van der Waals surface area contributed by atoms with E-state index >= 15 is 0 Å². The average molecular weight is 827 g/mol. The molecule has 0 unspecified atom stereocenters. The van der Waals surface area contributed by atoms with Gasteiger partial charge in [0.25, 0.3) is 0 Å². The molecule has 4 heteroatoms. The number of fused-ring (bicyclic) bond motifs is 20. The fourth-order valence-electron chi connectivity index (χ4n) is 11.8. The van der Waals surface area contributed by atoms with Crippen molar-refractivity contribution in [3.8, 4) is 0 Å². The van der Waals surface area contributed by atoms with E-state index in [-0.39, 0.29) is 0 Å². The number of unbranched alkanes of at least 4 members (excludes halogenated alkanes) is 2. The van der Waals surface area contributed by atoms with Crippen LogP contribution in [0.1, 0.15) is 50.7 Å². The number of para-hydroxylation sites is 4. The second-order valence-electron chi connectivity index (χ2n) is 18.1. The molecule has 0 fully saturated rings. The van der Waals surface area contributed by atoms with Gasteiger partial charge in [-0.3, -0.25) is 0 Å². The molecule has 0 saturated carbocycles. The number of aromatic nitrogens is 4. The van der Waals surface area contributed by atoms with Gasteiger partial charge in [0, 0.05) is 113 Å². The van der Waals surface area contributed by atoms with Gasteiger partial charge >= 0.3 is 0 Å². The predicted octanol–water partition coefficient (Wildman–Crippen LogP) is 16.1. The molecule has 4 nitrogen and oxygen atoms in total. The smallest absolute Gasteiger partial charge is 0.0582 e. The van der Waals surface area contributed by atoms with Gasteiger partial charge in [-0.15, -0.1) is 0 Å². The Hall–Kier alpha value is -7.30. The highest BCUT2D eigenvalue weighted by Crippen LogP contribution is 2.47. The first-order valence-corrected chi connectivity index (χ1v) is 23.5. The van der Waals surface area contributed by atoms with E-state index in [0.717, 1.165) is 51.9 Å². The Bertz CT molecular complexity index is 3740. The molecule has 0 spiro atoms. The predicted molar refractivity (Wildman–Crippen MR) is 274 cm³/mol. The van der Waals surface area contributed by atoms with Gasteiger partial charge in [-0.05, 0) is 48.2 Å². The molecular formula is C60H50N4. The van der Waals surface area contributed by atoms with Crippen molar-refractivity contribution in [3.63, 3.8) is 0 Å². The van der Waals surface area contributed by atoms with Gasteiger partial charge in [0.15, 0.2) is 0 Å². The van der Waals surface area contributed by atoms with Crippen molar-refractivity contribution in [3.05, 3.63) is 181 Å². The average Bonchev–Trinajstić information content (AvgIpc) is 4.06. The maximum Gasteiger partial charge on any atom is 0.0582 e. The highest BCUT2D eigenvalue weighted by molar-refractivity contribution is 6.38. The summed E-state index contributed by atoms with van der Waals surface area (Å²) in [6.07, 6.45) is 4.62. The fourth-order valence-corrected chi connectivity index (χ4v) is 11.8. The first kappa shape index (κ1) is 37.3. The Morgan fingerprint density at radius 2 is 0.578 bits per heavy atom. The van der Waals surface area contributed by atoms with Crippen molar-refractivity contribution >= 4 is 109 Å². The van der Waals surface area contributed by atoms with E-state index in [1.807, 2.05) is 0 Å². The SMILES string of the molecule is CCCCn1c2ccccc2c2c3c4ccccc4n(Cc4cccc(Cn5c6ccccc6c6c7c8ccccc8n(CCCC)c7c7ccccc7c65)c4)c3c3ccccc3c21. The normalized spacial score (nSPS) is 12.4. The summed E-state index contributed by atoms with van der Waals surface area (Å²) in [4.78, 5) is 0. The van der Waals surface area contributed by atoms with Crippen molar-refractivity contribution in [1.82, 2.24) is 18.3 Å². The molecule has 0 atom stereocenters. The summed E-state index contributed by atoms with van der Waals surface area (Å²) in [6.45, 7) is 8.16. The zero-order valence-corrected chi connectivity index (χ0v) is 36.6. The number of rotatable bonds is 10. The number of hydrogen-bond acceptors (Lipinski definition) is 0. The van der Waals surface area contributed by atoms with Crippen LogP contribution < -0.4 is 0 Å². The Morgan fingerprint density at radius 1 is 0.297 bits per heavy atom. The van der Waals surface area contributed by atoms with Crippen LogP contribution in [0.2, 0.25) is 0 Å². The lowest BCUT2D eigenvalue weighted by Crippen LogP contribution is -2.04. The third-order valence-corrected chi connectivity index (χ3v) is 14.4. The minimum Gasteiger partial charge on any atom is -0.340 e. The molecule has 13 aromatic rings. The largest absolute Gasteiger partial charge is 0.340 e. The molecule has 310 valence electrons. The van der Waals surface area contributed by atoms with Gasteiger partial charge in [-0.2, -0.15) is 0 Å². The number of benzene rings is 9. The molecule has 0 aliphatic heterocycles. The quantitative estimate of drug-likeness (QED) is 0.131. The molecule has 0 N–H and O–H groups in total. The summed E-state index contributed by atoms with van der Waals surface area (Å²) < 4.78 is 10.4. The van der Waals surface area contributed by atoms with Crippen LogP contribution in [-0.4, -0.2) is 18.3 Å². The van der Waals surface area contributed by atoms with E-state index < -0.39 is 0 Å². The summed E-state index contributed by atoms with van der Waals surface area (Å²) in [5.74, 6) is 0. The molecule has 0 bridgehead atoms. The molecule has 13 rings (SSSR count). The summed E-state index contributed by atoms with van der Waals surface area (Å²) in [6, 6.07) is 64.1. The summed E-state index contributed by atoms with van der Waals surface area (Å²) >= 11 is 0. The molecule has 0 aliphatic carbocycles. The van der Waals surface area contributed by atoms with Crippen LogP contribution in [0.15, 0.2) is 170 Å². The van der Waals surface area contributed by atoms with E-state index in [1.54, 1.807) is 0 Å². The van der Waals surface area contributed by atoms with Gasteiger partial charge < -0.3 is 18.3 Å². The highest BCUT2D eigenvalue weighted by Gasteiger charge is 2.25. The summed E-state index contributed by atoms with van der Waals surface area (Å²) in [5.41, 5.74) is 13.2. The summed E-state index contributed by atoms with van der Waals surface area (Å²) in [5, 5.41) is 16.1. The van der Waals surface area contributed by atoms with Gasteiger partial charge in [0.2, 0.25) is 0 Å². The van der Waals surface area contributed by atoms with Crippen molar-refractivity contribution < 1.29 is 0 Å². The highest BCUT2D eigenvalue weighted by atomic mass is 15.0. The maximum atomic E-state index is 2.61. The monoisotopic (exact) mass is 826 g/mol. The molecule has 0 radical (unpaired) electrons. The van der Waals surface area contributed by atoms with E-state index in [1.165, 1.54) is 120 Å². The van der Waals surface area contributed by atoms with Gasteiger partial charge in [0.05, 0.1) is 22.1 Å². The van der Waals surface area contributed by atoms with E-state index in [0.29, 0.717) is 0 Å². The number of aryl methyl sites for hydroxylation is 2. The zero-order chi connectivity index (χ0) is 42.5. The van der Waals surface area contributed by atoms with Gasteiger partial charge in [-0.25, -0.2) is 0 Å². The van der Waals surface area contributed by atoms with E-state index in [2.05, 4.69) is 202 Å². The van der Waals surface area contributed by atoms with E-state index in [9.17, 15) is 0 Å². The third kappa shape index (κ3) is 5.29. The Kier molecular flexibility index (Phi) is 8.53. The van der Waals surface area contributed by atoms with Crippen molar-refractivity contribution in [2.24, 2.45) is 0 Å². The molecule has 0 amide bonds. The molecule has 0 aliphatic rings. The first-order chi connectivity index (χ1) is 31.7. The number of nitrogens with zero attached hydrogens (tertiary/aromatic N) is 4. The molecule has 9 aromatic carbocycles. The van der Waals surface area contributed by atoms with Crippen LogP contribution in [0, 0.1) is 0 Å². The zero-order valence-electron chi connectivity index (χ0n) is 36.6. The van der Waals surface area contributed by atoms with Crippen molar-refractivity contribution in [2.75, 3.05) is 0 Å². The topological polar surface area (TPSA) is 19.7 Å². The third-order valence-electron chi connectivity index (χ3n) is 14.4. The van der Waals surface area contributed by atoms with Crippen LogP contribution in [0.25, 0.3) is 109 Å². The Balaban J connectivity index is 1.02. The fraction of sp³-hybridized carbons (Fsp3) is 0.167. The number of hydrogen-bond donors (Lipinski definition) is 0. The second kappa shape index (κ2) is 14.6. The maximum absolute atomic E-state index is 2.61. The molecular weight excluding hydrogens is 777 g/mol. The second-order valence-corrected chi connectivity index (χ2v) is 18.1. The van der Waals surface area contributed by atoms with Gasteiger partial charge in [-0.1, -0.05) is 172 Å². The van der Waals surface area contributed by atoms with Crippen LogP contribution >= 0.6 is 0 Å². The molecule has 4 heterocycles. The molecule has 4 aromatic heterocycles. The lowest BCUT2D eigenvalue weighted by atomic mass is 9.99. The van der Waals surface area contributed by atoms with Gasteiger partial charge in [0.1, 0.15) is 0 Å². The standard InChI is InChI=1S/C60H50N4/c1-3-5-34-61-49-30-15-11-26-45(49)53-55-47-28-13-17-32-51(47)63(59(55)43-24-9-7-22-41(43)57(53)61)37-39-20-19-21-40(36-39)38-64-52-33-18-14-29-48(52)56-54-46-27-12-16-31-50(46)62(35-6-4-2)58(54)42-23-8-10-25-44(42)60(56)64/h7-33,36H,3-6,34-35,37-38H2,1-2H3. The van der Waals surface area contributed by atoms with E-state index in [4.69, 9.17) is 0 Å². The van der Waals surface area contributed by atoms with Crippen molar-refractivity contribution in [1.29, 1.82) is 0 Å². The van der Waals surface area contributed by atoms with Crippen LogP contribution in [-0.2, 0) is 26.2 Å². The van der Waals surface area contributed by atoms with Crippen LogP contribution in [0.4, 0.5) is 0 Å². The lowest BCUT2D eigenvalue weighted by Gasteiger charge is -2.15. The Labute approximate surface area is 372 Å². The first-order valence-electron chi connectivity index (χ1n) is 23.5. The van der Waals surface area contributed by atoms with Crippen molar-refractivity contribution in [2.45, 2.75) is 65.7 Å². The molecule has 0 saturated heterocycles. The minimum absolute atomic E-state index is 0.774. The summed E-state index contributed by atoms with van der Waals surface area (Å²) in [7, 11) is 0. The Morgan fingerprint density at radius 3 is 0.906 bits per heavy atom. The minimum atomic E-state index is 0.774. The molecule has 64 heavy (non-hydrogen) atoms. The van der Waals surface area contributed by atoms with Crippen LogP contribution in [0.5, 0.6) is 0 Å². The lowest BCUT2D eigenvalue weighted by molar-refractivity contribution is 0.666. The van der Waals surface area contributed by atoms with Crippen LogP contribution in [0.3, 0.4) is 0 Å².